The highest BCUT2D eigenvalue weighted by Crippen LogP contribution is 2.36. The van der Waals surface area contributed by atoms with E-state index in [0.717, 1.165) is 50.2 Å². The van der Waals surface area contributed by atoms with Gasteiger partial charge in [0.1, 0.15) is 0 Å². The number of aliphatic imine (C=N–C) groups is 1. The molecule has 0 aromatic heterocycles. The van der Waals surface area contributed by atoms with Crippen molar-refractivity contribution < 1.29 is 4.74 Å². The number of nitrogens with one attached hydrogen (secondary N) is 2. The van der Waals surface area contributed by atoms with Gasteiger partial charge in [-0.15, -0.1) is 0 Å². The van der Waals surface area contributed by atoms with Crippen LogP contribution in [-0.2, 0) is 4.74 Å². The van der Waals surface area contributed by atoms with Crippen molar-refractivity contribution in [2.24, 2.45) is 10.9 Å². The molecule has 2 N–H and O–H groups in total. The number of hydrogen-bond acceptors (Lipinski definition) is 3. The lowest BCUT2D eigenvalue weighted by Gasteiger charge is -2.39. The summed E-state index contributed by atoms with van der Waals surface area (Å²) in [6, 6.07) is 8.67. The van der Waals surface area contributed by atoms with Gasteiger partial charge < -0.3 is 15.4 Å². The maximum Gasteiger partial charge on any atom is 0.191 e. The first-order chi connectivity index (χ1) is 13.7. The van der Waals surface area contributed by atoms with Gasteiger partial charge in [0.05, 0.1) is 6.10 Å². The normalized spacial score (nSPS) is 26.4. The van der Waals surface area contributed by atoms with E-state index in [1.807, 2.05) is 6.07 Å². The van der Waals surface area contributed by atoms with Gasteiger partial charge in [0.2, 0.25) is 0 Å². The van der Waals surface area contributed by atoms with Crippen LogP contribution in [0.15, 0.2) is 29.3 Å². The molecule has 2 saturated heterocycles. The van der Waals surface area contributed by atoms with Gasteiger partial charge in [-0.25, -0.2) is 0 Å². The molecule has 2 heterocycles. The van der Waals surface area contributed by atoms with Gasteiger partial charge >= 0.3 is 0 Å². The van der Waals surface area contributed by atoms with Crippen molar-refractivity contribution in [3.63, 3.8) is 0 Å². The summed E-state index contributed by atoms with van der Waals surface area (Å²) in [5, 5.41) is 7.68. The first-order valence-electron chi connectivity index (χ1n) is 10.8. The van der Waals surface area contributed by atoms with Crippen LogP contribution >= 0.6 is 11.6 Å². The van der Waals surface area contributed by atoms with Crippen LogP contribution in [-0.4, -0.2) is 56.8 Å². The Morgan fingerprint density at radius 3 is 2.93 bits per heavy atom. The van der Waals surface area contributed by atoms with Crippen molar-refractivity contribution in [2.45, 2.75) is 51.2 Å². The number of likely N-dealkylation sites (tertiary alicyclic amines) is 1. The van der Waals surface area contributed by atoms with Gasteiger partial charge in [0.25, 0.3) is 0 Å². The number of hydrogen-bond donors (Lipinski definition) is 2. The fraction of sp³-hybridized carbons (Fsp3) is 0.682. The highest BCUT2D eigenvalue weighted by atomic mass is 35.5. The van der Waals surface area contributed by atoms with Crippen LogP contribution in [0.1, 0.15) is 50.6 Å². The Morgan fingerprint density at radius 1 is 1.29 bits per heavy atom. The average molecular weight is 407 g/mol. The average Bonchev–Trinajstić information content (AvgIpc) is 3.19. The maximum atomic E-state index is 6.26. The van der Waals surface area contributed by atoms with E-state index in [-0.39, 0.29) is 0 Å². The SMILES string of the molecule is CCNC(=NCC1CCCN(C)C1c1cccc(Cl)c1)NCCC1CCCO1. The summed E-state index contributed by atoms with van der Waals surface area (Å²) < 4.78 is 5.72. The van der Waals surface area contributed by atoms with Crippen LogP contribution in [0.4, 0.5) is 0 Å². The van der Waals surface area contributed by atoms with Crippen LogP contribution in [0.2, 0.25) is 5.02 Å². The van der Waals surface area contributed by atoms with Crippen molar-refractivity contribution in [2.75, 3.05) is 39.8 Å². The van der Waals surface area contributed by atoms with Crippen molar-refractivity contribution >= 4 is 17.6 Å². The molecule has 0 spiro atoms. The predicted octanol–water partition coefficient (Wildman–Crippen LogP) is 3.85. The lowest BCUT2D eigenvalue weighted by Crippen LogP contribution is -2.41. The minimum absolute atomic E-state index is 0.367. The van der Waals surface area contributed by atoms with E-state index >= 15 is 0 Å². The minimum atomic E-state index is 0.367. The molecule has 3 unspecified atom stereocenters. The molecule has 2 aliphatic heterocycles. The fourth-order valence-corrected chi connectivity index (χ4v) is 4.64. The molecule has 0 radical (unpaired) electrons. The number of rotatable bonds is 7. The Hall–Kier alpha value is -1.30. The Bertz CT molecular complexity index is 633. The number of guanidine groups is 1. The summed E-state index contributed by atoms with van der Waals surface area (Å²) in [6.07, 6.45) is 6.25. The summed E-state index contributed by atoms with van der Waals surface area (Å²) in [6.45, 7) is 6.74. The Labute approximate surface area is 174 Å². The number of halogens is 1. The van der Waals surface area contributed by atoms with E-state index in [4.69, 9.17) is 21.3 Å². The molecular formula is C22H35ClN4O. The monoisotopic (exact) mass is 406 g/mol. The molecule has 0 bridgehead atoms. The third kappa shape index (κ3) is 6.10. The smallest absolute Gasteiger partial charge is 0.191 e. The Morgan fingerprint density at radius 2 is 2.18 bits per heavy atom. The molecule has 3 atom stereocenters. The molecule has 1 aromatic rings. The third-order valence-corrected chi connectivity index (χ3v) is 6.04. The van der Waals surface area contributed by atoms with Crippen LogP contribution in [0.5, 0.6) is 0 Å². The van der Waals surface area contributed by atoms with Gasteiger partial charge in [-0.3, -0.25) is 9.89 Å². The molecule has 5 nitrogen and oxygen atoms in total. The molecule has 0 aliphatic carbocycles. The third-order valence-electron chi connectivity index (χ3n) is 5.81. The summed E-state index contributed by atoms with van der Waals surface area (Å²) in [5.41, 5.74) is 1.30. The Balaban J connectivity index is 1.61. The van der Waals surface area contributed by atoms with Crippen LogP contribution in [0.3, 0.4) is 0 Å². The highest BCUT2D eigenvalue weighted by Gasteiger charge is 2.30. The lowest BCUT2D eigenvalue weighted by molar-refractivity contribution is 0.105. The molecule has 3 rings (SSSR count). The second kappa shape index (κ2) is 11.0. The van der Waals surface area contributed by atoms with Gasteiger partial charge in [-0.05, 0) is 76.2 Å². The van der Waals surface area contributed by atoms with Crippen LogP contribution in [0.25, 0.3) is 0 Å². The zero-order valence-corrected chi connectivity index (χ0v) is 18.0. The largest absolute Gasteiger partial charge is 0.378 e. The first kappa shape index (κ1) is 21.4. The van der Waals surface area contributed by atoms with E-state index in [9.17, 15) is 0 Å². The van der Waals surface area contributed by atoms with Gasteiger partial charge in [-0.2, -0.15) is 0 Å². The first-order valence-corrected chi connectivity index (χ1v) is 11.1. The van der Waals surface area contributed by atoms with Crippen molar-refractivity contribution in [1.29, 1.82) is 0 Å². The second-order valence-electron chi connectivity index (χ2n) is 7.95. The van der Waals surface area contributed by atoms with Gasteiger partial charge in [-0.1, -0.05) is 23.7 Å². The fourth-order valence-electron chi connectivity index (χ4n) is 4.44. The maximum absolute atomic E-state index is 6.26. The molecule has 28 heavy (non-hydrogen) atoms. The molecule has 6 heteroatoms. The molecule has 156 valence electrons. The van der Waals surface area contributed by atoms with Gasteiger partial charge in [0.15, 0.2) is 5.96 Å². The summed E-state index contributed by atoms with van der Waals surface area (Å²) >= 11 is 6.26. The van der Waals surface area contributed by atoms with E-state index < -0.39 is 0 Å². The molecule has 2 aliphatic rings. The number of benzene rings is 1. The van der Waals surface area contributed by atoms with E-state index in [1.165, 1.54) is 31.2 Å². The van der Waals surface area contributed by atoms with E-state index in [2.05, 4.69) is 47.7 Å². The highest BCUT2D eigenvalue weighted by molar-refractivity contribution is 6.30. The molecule has 2 fully saturated rings. The van der Waals surface area contributed by atoms with Crippen LogP contribution in [0, 0.1) is 5.92 Å². The summed E-state index contributed by atoms with van der Waals surface area (Å²) in [4.78, 5) is 7.38. The topological polar surface area (TPSA) is 48.9 Å². The zero-order valence-electron chi connectivity index (χ0n) is 17.3. The van der Waals surface area contributed by atoms with Gasteiger partial charge in [0, 0.05) is 37.3 Å². The summed E-state index contributed by atoms with van der Waals surface area (Å²) in [5.74, 6) is 1.41. The standard InChI is InChI=1S/C22H35ClN4O/c1-3-24-22(25-12-11-20-10-6-14-28-20)26-16-18-8-5-13-27(2)21(18)17-7-4-9-19(23)15-17/h4,7,9,15,18,20-21H,3,5-6,8,10-14,16H2,1-2H3,(H2,24,25,26). The Kier molecular flexibility index (Phi) is 8.44. The lowest BCUT2D eigenvalue weighted by atomic mass is 9.85. The molecule has 0 saturated carbocycles. The zero-order chi connectivity index (χ0) is 19.8. The second-order valence-corrected chi connectivity index (χ2v) is 8.39. The molecular weight excluding hydrogens is 372 g/mol. The van der Waals surface area contributed by atoms with Crippen molar-refractivity contribution in [3.8, 4) is 0 Å². The number of ether oxygens (including phenoxy) is 1. The molecule has 1 aromatic carbocycles. The molecule has 0 amide bonds. The van der Waals surface area contributed by atoms with Crippen molar-refractivity contribution in [3.05, 3.63) is 34.9 Å². The van der Waals surface area contributed by atoms with Crippen LogP contribution < -0.4 is 10.6 Å². The number of piperidine rings is 1. The quantitative estimate of drug-likeness (QED) is 0.533. The number of nitrogens with zero attached hydrogens (tertiary/aromatic N) is 2. The van der Waals surface area contributed by atoms with Crippen molar-refractivity contribution in [1.82, 2.24) is 15.5 Å². The summed E-state index contributed by atoms with van der Waals surface area (Å²) in [7, 11) is 2.21. The predicted molar refractivity (Wildman–Crippen MR) is 117 cm³/mol. The minimum Gasteiger partial charge on any atom is -0.378 e. The van der Waals surface area contributed by atoms with E-state index in [1.54, 1.807) is 0 Å². The van der Waals surface area contributed by atoms with E-state index in [0.29, 0.717) is 18.1 Å².